The van der Waals surface area contributed by atoms with Gasteiger partial charge in [-0.3, -0.25) is 4.90 Å². The van der Waals surface area contributed by atoms with Gasteiger partial charge in [0.2, 0.25) is 11.8 Å². The molecule has 1 unspecified atom stereocenters. The Labute approximate surface area is 127 Å². The molecule has 0 N–H and O–H groups in total. The van der Waals surface area contributed by atoms with Crippen molar-refractivity contribution < 1.29 is 4.42 Å². The molecule has 1 fully saturated rings. The molecule has 1 aliphatic rings. The molecule has 1 atom stereocenters. The average molecular weight is 297 g/mol. The van der Waals surface area contributed by atoms with Crippen molar-refractivity contribution in [1.29, 1.82) is 0 Å². The molecule has 4 nitrogen and oxygen atoms in total. The van der Waals surface area contributed by atoms with Crippen LogP contribution in [0.25, 0.3) is 11.5 Å². The molecule has 3 aromatic rings. The molecule has 0 spiro atoms. The van der Waals surface area contributed by atoms with E-state index in [-0.39, 0.29) is 0 Å². The van der Waals surface area contributed by atoms with Crippen LogP contribution in [-0.4, -0.2) is 21.6 Å². The smallest absolute Gasteiger partial charge is 0.247 e. The van der Waals surface area contributed by atoms with E-state index in [9.17, 15) is 0 Å². The van der Waals surface area contributed by atoms with E-state index in [2.05, 4.69) is 32.6 Å². The highest BCUT2D eigenvalue weighted by Gasteiger charge is 2.31. The zero-order valence-electron chi connectivity index (χ0n) is 11.5. The van der Waals surface area contributed by atoms with E-state index in [0.29, 0.717) is 17.8 Å². The van der Waals surface area contributed by atoms with E-state index in [1.165, 1.54) is 11.3 Å². The Morgan fingerprint density at radius 1 is 1.14 bits per heavy atom. The maximum atomic E-state index is 5.78. The number of nitrogens with zero attached hydrogens (tertiary/aromatic N) is 3. The van der Waals surface area contributed by atoms with E-state index in [1.807, 2.05) is 41.7 Å². The van der Waals surface area contributed by atoms with Gasteiger partial charge in [-0.05, 0) is 30.0 Å². The lowest BCUT2D eigenvalue weighted by Gasteiger charge is -2.39. The van der Waals surface area contributed by atoms with Gasteiger partial charge in [-0.15, -0.1) is 21.5 Å². The van der Waals surface area contributed by atoms with E-state index >= 15 is 0 Å². The van der Waals surface area contributed by atoms with Crippen LogP contribution in [0.4, 0.5) is 0 Å². The first kappa shape index (κ1) is 12.7. The molecule has 1 aromatic carbocycles. The number of hydrogen-bond donors (Lipinski definition) is 0. The van der Waals surface area contributed by atoms with Crippen LogP contribution < -0.4 is 0 Å². The molecule has 0 aliphatic carbocycles. The fourth-order valence-corrected chi connectivity index (χ4v) is 3.52. The molecule has 1 saturated heterocycles. The minimum Gasteiger partial charge on any atom is -0.419 e. The Hall–Kier alpha value is -1.98. The standard InChI is InChI=1S/C16H15N3OS/c1-2-5-12(6-3-1)16-18-17-15(20-16)11-19-9-8-13(19)14-7-4-10-21-14/h1-7,10,13H,8-9,11H2. The summed E-state index contributed by atoms with van der Waals surface area (Å²) in [4.78, 5) is 3.80. The van der Waals surface area contributed by atoms with E-state index in [0.717, 1.165) is 18.7 Å². The van der Waals surface area contributed by atoms with Gasteiger partial charge in [0.25, 0.3) is 0 Å². The number of benzene rings is 1. The molecule has 0 bridgehead atoms. The van der Waals surface area contributed by atoms with E-state index in [1.54, 1.807) is 0 Å². The van der Waals surface area contributed by atoms with Crippen LogP contribution in [0.15, 0.2) is 52.3 Å². The lowest BCUT2D eigenvalue weighted by atomic mass is 10.0. The molecule has 4 rings (SSSR count). The Balaban J connectivity index is 1.48. The number of likely N-dealkylation sites (tertiary alicyclic amines) is 1. The van der Waals surface area contributed by atoms with Gasteiger partial charge in [-0.1, -0.05) is 24.3 Å². The molecule has 5 heteroatoms. The summed E-state index contributed by atoms with van der Waals surface area (Å²) in [6.07, 6.45) is 1.21. The highest BCUT2D eigenvalue weighted by atomic mass is 32.1. The predicted octanol–water partition coefficient (Wildman–Crippen LogP) is 3.75. The third-order valence-electron chi connectivity index (χ3n) is 3.83. The van der Waals surface area contributed by atoms with Gasteiger partial charge in [-0.25, -0.2) is 0 Å². The van der Waals surface area contributed by atoms with Crippen LogP contribution in [0.5, 0.6) is 0 Å². The molecule has 0 amide bonds. The maximum absolute atomic E-state index is 5.78. The van der Waals surface area contributed by atoms with Crippen molar-refractivity contribution in [2.45, 2.75) is 19.0 Å². The van der Waals surface area contributed by atoms with Gasteiger partial charge in [0.05, 0.1) is 6.54 Å². The summed E-state index contributed by atoms with van der Waals surface area (Å²) in [6.45, 7) is 1.81. The number of rotatable bonds is 4. The van der Waals surface area contributed by atoms with Gasteiger partial charge in [0, 0.05) is 23.0 Å². The number of aromatic nitrogens is 2. The summed E-state index contributed by atoms with van der Waals surface area (Å²) in [5.74, 6) is 1.29. The molecule has 0 saturated carbocycles. The van der Waals surface area contributed by atoms with Crippen molar-refractivity contribution >= 4 is 11.3 Å². The third kappa shape index (κ3) is 2.50. The summed E-state index contributed by atoms with van der Waals surface area (Å²) in [7, 11) is 0. The molecule has 3 heterocycles. The minimum atomic E-state index is 0.511. The van der Waals surface area contributed by atoms with Crippen molar-refractivity contribution in [3.8, 4) is 11.5 Å². The summed E-state index contributed by atoms with van der Waals surface area (Å²) >= 11 is 1.81. The van der Waals surface area contributed by atoms with Crippen LogP contribution in [0.2, 0.25) is 0 Å². The van der Waals surface area contributed by atoms with Gasteiger partial charge in [0.1, 0.15) is 0 Å². The van der Waals surface area contributed by atoms with Crippen molar-refractivity contribution in [1.82, 2.24) is 15.1 Å². The Kier molecular flexibility index (Phi) is 3.29. The predicted molar refractivity (Wildman–Crippen MR) is 81.8 cm³/mol. The van der Waals surface area contributed by atoms with Crippen LogP contribution in [0.1, 0.15) is 23.2 Å². The van der Waals surface area contributed by atoms with Gasteiger partial charge >= 0.3 is 0 Å². The van der Waals surface area contributed by atoms with Gasteiger partial charge in [0.15, 0.2) is 0 Å². The second-order valence-corrected chi connectivity index (χ2v) is 6.14. The summed E-state index contributed by atoms with van der Waals surface area (Å²) in [5.41, 5.74) is 0.967. The molecule has 0 radical (unpaired) electrons. The van der Waals surface area contributed by atoms with Crippen molar-refractivity contribution in [3.05, 3.63) is 58.6 Å². The first-order chi connectivity index (χ1) is 10.4. The first-order valence-corrected chi connectivity index (χ1v) is 7.93. The molecule has 106 valence electrons. The third-order valence-corrected chi connectivity index (χ3v) is 4.80. The van der Waals surface area contributed by atoms with E-state index in [4.69, 9.17) is 4.42 Å². The zero-order valence-corrected chi connectivity index (χ0v) is 12.3. The molecule has 21 heavy (non-hydrogen) atoms. The Bertz CT molecular complexity index is 708. The largest absolute Gasteiger partial charge is 0.419 e. The van der Waals surface area contributed by atoms with Crippen molar-refractivity contribution in [3.63, 3.8) is 0 Å². The normalized spacial score (nSPS) is 18.6. The monoisotopic (exact) mass is 297 g/mol. The Morgan fingerprint density at radius 3 is 2.76 bits per heavy atom. The number of hydrogen-bond acceptors (Lipinski definition) is 5. The summed E-state index contributed by atoms with van der Waals surface area (Å²) in [6, 6.07) is 14.7. The summed E-state index contributed by atoms with van der Waals surface area (Å²) in [5, 5.41) is 10.5. The highest BCUT2D eigenvalue weighted by Crippen LogP contribution is 2.36. The van der Waals surface area contributed by atoms with E-state index < -0.39 is 0 Å². The molecule has 1 aliphatic heterocycles. The van der Waals surface area contributed by atoms with Gasteiger partial charge in [-0.2, -0.15) is 0 Å². The molecule has 2 aromatic heterocycles. The van der Waals surface area contributed by atoms with Crippen LogP contribution in [0.3, 0.4) is 0 Å². The van der Waals surface area contributed by atoms with Crippen molar-refractivity contribution in [2.24, 2.45) is 0 Å². The molecular weight excluding hydrogens is 282 g/mol. The fraction of sp³-hybridized carbons (Fsp3) is 0.250. The fourth-order valence-electron chi connectivity index (χ4n) is 2.62. The summed E-state index contributed by atoms with van der Waals surface area (Å²) < 4.78 is 5.78. The lowest BCUT2D eigenvalue weighted by Crippen LogP contribution is -2.39. The lowest BCUT2D eigenvalue weighted by molar-refractivity contribution is 0.0743. The number of thiophene rings is 1. The Morgan fingerprint density at radius 2 is 2.05 bits per heavy atom. The highest BCUT2D eigenvalue weighted by molar-refractivity contribution is 7.10. The maximum Gasteiger partial charge on any atom is 0.247 e. The average Bonchev–Trinajstić information content (AvgIpc) is 3.16. The second kappa shape index (κ2) is 5.42. The van der Waals surface area contributed by atoms with Crippen LogP contribution >= 0.6 is 11.3 Å². The molecular formula is C16H15N3OS. The minimum absolute atomic E-state index is 0.511. The topological polar surface area (TPSA) is 42.2 Å². The second-order valence-electron chi connectivity index (χ2n) is 5.16. The van der Waals surface area contributed by atoms with Crippen LogP contribution in [-0.2, 0) is 6.54 Å². The first-order valence-electron chi connectivity index (χ1n) is 7.05. The van der Waals surface area contributed by atoms with Crippen LogP contribution in [0, 0.1) is 0 Å². The SMILES string of the molecule is c1ccc(-c2nnc(CN3CCC3c3cccs3)o2)cc1. The van der Waals surface area contributed by atoms with Gasteiger partial charge < -0.3 is 4.42 Å². The quantitative estimate of drug-likeness (QED) is 0.735. The van der Waals surface area contributed by atoms with Crippen molar-refractivity contribution in [2.75, 3.05) is 6.54 Å². The zero-order chi connectivity index (χ0) is 14.1.